The van der Waals surface area contributed by atoms with Crippen molar-refractivity contribution in [3.8, 4) is 0 Å². The quantitative estimate of drug-likeness (QED) is 0.516. The van der Waals surface area contributed by atoms with Crippen LogP contribution in [-0.4, -0.2) is 12.1 Å². The molecule has 2 aromatic heterocycles. The van der Waals surface area contributed by atoms with Gasteiger partial charge in [0.1, 0.15) is 5.76 Å². The Balaban J connectivity index is 1.83. The molecule has 1 N–H and O–H groups in total. The van der Waals surface area contributed by atoms with Gasteiger partial charge in [-0.15, -0.1) is 16.2 Å². The van der Waals surface area contributed by atoms with Crippen LogP contribution >= 0.6 is 11.3 Å². The monoisotopic (exact) mass is 275 g/mol. The first-order chi connectivity index (χ1) is 9.29. The number of nitrogens with zero attached hydrogens (tertiary/aromatic N) is 2. The van der Waals surface area contributed by atoms with E-state index in [2.05, 4.69) is 15.7 Å². The Kier molecular flexibility index (Phi) is 4.35. The van der Waals surface area contributed by atoms with Gasteiger partial charge in [0.15, 0.2) is 0 Å². The van der Waals surface area contributed by atoms with Crippen LogP contribution in [0.2, 0.25) is 0 Å². The van der Waals surface area contributed by atoms with Gasteiger partial charge in [0, 0.05) is 17.5 Å². The average molecular weight is 275 g/mol. The normalized spacial score (nSPS) is 11.2. The molecule has 2 rings (SSSR count). The zero-order valence-electron chi connectivity index (χ0n) is 9.65. The van der Waals surface area contributed by atoms with E-state index >= 15 is 0 Å². The summed E-state index contributed by atoms with van der Waals surface area (Å²) in [7, 11) is 0. The summed E-state index contributed by atoms with van der Waals surface area (Å²) in [6, 6.07) is 6.56. The lowest BCUT2D eigenvalue weighted by atomic mass is 10.4. The third-order valence-electron chi connectivity index (χ3n) is 2.03. The molecule has 0 atom stereocenters. The van der Waals surface area contributed by atoms with Crippen LogP contribution < -0.4 is 5.43 Å². The molecule has 2 aromatic rings. The Morgan fingerprint density at radius 2 is 2.26 bits per heavy atom. The van der Waals surface area contributed by atoms with Crippen molar-refractivity contribution in [2.45, 2.75) is 0 Å². The van der Waals surface area contributed by atoms with Gasteiger partial charge in [-0.2, -0.15) is 5.10 Å². The first kappa shape index (κ1) is 12.9. The Morgan fingerprint density at radius 3 is 2.95 bits per heavy atom. The number of thiophene rings is 1. The minimum Gasteiger partial charge on any atom is -0.436 e. The molecule has 0 aliphatic heterocycles. The van der Waals surface area contributed by atoms with Crippen LogP contribution in [0.1, 0.15) is 15.4 Å². The average Bonchev–Trinajstić information content (AvgIpc) is 3.09. The lowest BCUT2D eigenvalue weighted by Crippen LogP contribution is -2.15. The largest absolute Gasteiger partial charge is 0.436 e. The molecule has 7 heteroatoms. The van der Waals surface area contributed by atoms with E-state index in [1.807, 2.05) is 5.38 Å². The zero-order chi connectivity index (χ0) is 13.5. The second-order valence-electron chi connectivity index (χ2n) is 3.32. The molecule has 1 amide bonds. The summed E-state index contributed by atoms with van der Waals surface area (Å²) < 4.78 is 5.01. The molecule has 0 unspecified atom stereocenters. The summed E-state index contributed by atoms with van der Waals surface area (Å²) in [5, 5.41) is 8.20. The highest BCUT2D eigenvalue weighted by Crippen LogP contribution is 2.16. The maximum atomic E-state index is 11.5. The number of rotatable bonds is 5. The summed E-state index contributed by atoms with van der Waals surface area (Å²) in [5.41, 5.74) is 2.38. The third kappa shape index (κ3) is 3.71. The molecule has 0 saturated heterocycles. The number of hydrogen-bond donors (Lipinski definition) is 1. The van der Waals surface area contributed by atoms with Crippen LogP contribution in [0.4, 0.5) is 5.88 Å². The molecule has 6 nitrogen and oxygen atoms in total. The number of nitrogens with one attached hydrogen (secondary N) is 1. The Labute approximate surface area is 112 Å². The summed E-state index contributed by atoms with van der Waals surface area (Å²) in [5.74, 6) is 0.235. The molecular weight excluding hydrogens is 266 g/mol. The molecule has 0 fully saturated rings. The third-order valence-corrected chi connectivity index (χ3v) is 2.90. The molecule has 0 radical (unpaired) electrons. The molecule has 19 heavy (non-hydrogen) atoms. The smallest absolute Gasteiger partial charge is 0.281 e. The van der Waals surface area contributed by atoms with Crippen LogP contribution in [-0.2, 0) is 0 Å². The van der Waals surface area contributed by atoms with Crippen molar-refractivity contribution in [1.29, 1.82) is 0 Å². The van der Waals surface area contributed by atoms with E-state index < -0.39 is 0 Å². The van der Waals surface area contributed by atoms with Crippen molar-refractivity contribution >= 4 is 35.4 Å². The highest BCUT2D eigenvalue weighted by Gasteiger charge is 2.03. The van der Waals surface area contributed by atoms with Gasteiger partial charge < -0.3 is 4.42 Å². The fourth-order valence-electron chi connectivity index (χ4n) is 1.22. The molecular formula is C12H9N3O3S. The highest BCUT2D eigenvalue weighted by atomic mass is 32.1. The number of allylic oxidation sites excluding steroid dienone is 1. The minimum absolute atomic E-state index is 0.0163. The van der Waals surface area contributed by atoms with Gasteiger partial charge in [0.25, 0.3) is 11.8 Å². The van der Waals surface area contributed by atoms with E-state index in [0.717, 1.165) is 0 Å². The fraction of sp³-hybridized carbons (Fsp3) is 0. The van der Waals surface area contributed by atoms with Crippen LogP contribution in [0.25, 0.3) is 6.08 Å². The SMILES string of the molecule is O=Nc1ccc(/C=C/C=N/NC(=O)c2cccs2)o1. The van der Waals surface area contributed by atoms with E-state index in [9.17, 15) is 9.70 Å². The fourth-order valence-corrected chi connectivity index (χ4v) is 1.83. The zero-order valence-corrected chi connectivity index (χ0v) is 10.5. The van der Waals surface area contributed by atoms with Gasteiger partial charge in [-0.25, -0.2) is 5.43 Å². The Morgan fingerprint density at radius 1 is 1.37 bits per heavy atom. The Bertz CT molecular complexity index is 614. The van der Waals surface area contributed by atoms with E-state index in [4.69, 9.17) is 4.42 Å². The molecule has 0 aromatic carbocycles. The summed E-state index contributed by atoms with van der Waals surface area (Å²) in [6.45, 7) is 0. The number of carbonyl (C=O) groups excluding carboxylic acids is 1. The van der Waals surface area contributed by atoms with Gasteiger partial charge in [-0.1, -0.05) is 6.07 Å². The second-order valence-corrected chi connectivity index (χ2v) is 4.27. The number of nitroso groups, excluding NO2 is 1. The lowest BCUT2D eigenvalue weighted by Gasteiger charge is -1.93. The first-order valence-electron chi connectivity index (χ1n) is 5.26. The highest BCUT2D eigenvalue weighted by molar-refractivity contribution is 7.12. The van der Waals surface area contributed by atoms with E-state index in [-0.39, 0.29) is 11.8 Å². The van der Waals surface area contributed by atoms with Crippen molar-refractivity contribution in [1.82, 2.24) is 5.43 Å². The van der Waals surface area contributed by atoms with Crippen molar-refractivity contribution in [3.63, 3.8) is 0 Å². The molecule has 0 aliphatic carbocycles. The molecule has 0 spiro atoms. The maximum absolute atomic E-state index is 11.5. The minimum atomic E-state index is -0.259. The number of furan rings is 1. The summed E-state index contributed by atoms with van der Waals surface area (Å²) >= 11 is 1.34. The number of carbonyl (C=O) groups is 1. The van der Waals surface area contributed by atoms with E-state index in [0.29, 0.717) is 10.6 Å². The number of hydrogen-bond acceptors (Lipinski definition) is 6. The predicted molar refractivity (Wildman–Crippen MR) is 73.5 cm³/mol. The van der Waals surface area contributed by atoms with Crippen molar-refractivity contribution in [2.24, 2.45) is 10.3 Å². The number of amides is 1. The van der Waals surface area contributed by atoms with Gasteiger partial charge in [0.05, 0.1) is 4.88 Å². The molecule has 2 heterocycles. The van der Waals surface area contributed by atoms with E-state index in [1.165, 1.54) is 23.6 Å². The van der Waals surface area contributed by atoms with Crippen molar-refractivity contribution in [3.05, 3.63) is 51.3 Å². The van der Waals surface area contributed by atoms with Crippen LogP contribution in [0.5, 0.6) is 0 Å². The molecule has 0 bridgehead atoms. The lowest BCUT2D eigenvalue weighted by molar-refractivity contribution is 0.0959. The van der Waals surface area contributed by atoms with Crippen molar-refractivity contribution in [2.75, 3.05) is 0 Å². The maximum Gasteiger partial charge on any atom is 0.281 e. The number of hydrazone groups is 1. The molecule has 0 saturated carbocycles. The van der Waals surface area contributed by atoms with Crippen LogP contribution in [0.3, 0.4) is 0 Å². The second kappa shape index (κ2) is 6.41. The van der Waals surface area contributed by atoms with Gasteiger partial charge >= 0.3 is 0 Å². The summed E-state index contributed by atoms with van der Waals surface area (Å²) in [6.07, 6.45) is 4.57. The molecule has 0 aliphatic rings. The van der Waals surface area contributed by atoms with E-state index in [1.54, 1.807) is 30.4 Å². The molecule has 96 valence electrons. The van der Waals surface area contributed by atoms with Crippen LogP contribution in [0, 0.1) is 4.91 Å². The van der Waals surface area contributed by atoms with Gasteiger partial charge in [-0.3, -0.25) is 4.79 Å². The Hall–Kier alpha value is -2.54. The topological polar surface area (TPSA) is 84.0 Å². The standard InChI is InChI=1S/C12H9N3O3S/c16-12(10-4-2-8-19-10)14-13-7-1-3-9-5-6-11(15-17)18-9/h1-8H,(H,14,16)/b3-1+,13-7+. The van der Waals surface area contributed by atoms with Crippen molar-refractivity contribution < 1.29 is 9.21 Å². The first-order valence-corrected chi connectivity index (χ1v) is 6.14. The van der Waals surface area contributed by atoms with Gasteiger partial charge in [0.2, 0.25) is 0 Å². The summed E-state index contributed by atoms with van der Waals surface area (Å²) in [4.78, 5) is 22.2. The van der Waals surface area contributed by atoms with Crippen LogP contribution in [0.15, 0.2) is 50.4 Å². The predicted octanol–water partition coefficient (Wildman–Crippen LogP) is 3.17. The van der Waals surface area contributed by atoms with Gasteiger partial charge in [-0.05, 0) is 29.7 Å².